The number of fused-ring (bicyclic) bond motifs is 3. The SMILES string of the molecule is O=C(O)c1cc2n(n1)-c1cc(I)ccc1OCC2(F)F. The van der Waals surface area contributed by atoms with E-state index in [1.54, 1.807) is 18.2 Å². The third-order valence-corrected chi connectivity index (χ3v) is 3.53. The molecule has 20 heavy (non-hydrogen) atoms. The van der Waals surface area contributed by atoms with Gasteiger partial charge in [0.15, 0.2) is 12.3 Å². The summed E-state index contributed by atoms with van der Waals surface area (Å²) in [5, 5.41) is 12.7. The average Bonchev–Trinajstić information content (AvgIpc) is 2.79. The Morgan fingerprint density at radius 1 is 1.45 bits per heavy atom. The second kappa shape index (κ2) is 4.40. The molecule has 0 atom stereocenters. The molecule has 2 aromatic rings. The molecule has 1 aliphatic heterocycles. The molecule has 0 radical (unpaired) electrons. The molecule has 0 aliphatic carbocycles. The van der Waals surface area contributed by atoms with Gasteiger partial charge < -0.3 is 9.84 Å². The summed E-state index contributed by atoms with van der Waals surface area (Å²) in [4.78, 5) is 10.9. The molecular weight excluding hydrogens is 385 g/mol. The minimum Gasteiger partial charge on any atom is -0.485 e. The van der Waals surface area contributed by atoms with E-state index >= 15 is 0 Å². The molecule has 0 amide bonds. The van der Waals surface area contributed by atoms with E-state index in [0.29, 0.717) is 5.69 Å². The number of aromatic nitrogens is 2. The summed E-state index contributed by atoms with van der Waals surface area (Å²) in [6.45, 7) is -0.856. The molecule has 0 bridgehead atoms. The molecule has 0 fully saturated rings. The standard InChI is InChI=1S/C12H7F2IN2O3/c13-12(14)5-20-9-2-1-6(15)3-8(9)17-10(12)4-7(16-17)11(18)19/h1-4H,5H2,(H,18,19). The van der Waals surface area contributed by atoms with Crippen LogP contribution in [0.4, 0.5) is 8.78 Å². The van der Waals surface area contributed by atoms with Crippen LogP contribution in [-0.2, 0) is 5.92 Å². The predicted octanol–water partition coefficient (Wildman–Crippen LogP) is 2.66. The number of carboxylic acid groups (broad SMARTS) is 1. The van der Waals surface area contributed by atoms with E-state index in [-0.39, 0.29) is 5.75 Å². The van der Waals surface area contributed by atoms with Crippen LogP contribution in [0, 0.1) is 3.57 Å². The summed E-state index contributed by atoms with van der Waals surface area (Å²) >= 11 is 2.03. The number of carboxylic acids is 1. The Morgan fingerprint density at radius 3 is 2.90 bits per heavy atom. The van der Waals surface area contributed by atoms with E-state index in [2.05, 4.69) is 5.10 Å². The van der Waals surface area contributed by atoms with Crippen molar-refractivity contribution in [3.8, 4) is 11.4 Å². The lowest BCUT2D eigenvalue weighted by Gasteiger charge is -2.12. The van der Waals surface area contributed by atoms with Crippen molar-refractivity contribution in [3.63, 3.8) is 0 Å². The Labute approximate surface area is 125 Å². The van der Waals surface area contributed by atoms with E-state index in [4.69, 9.17) is 9.84 Å². The van der Waals surface area contributed by atoms with Gasteiger partial charge in [0.25, 0.3) is 0 Å². The highest BCUT2D eigenvalue weighted by Crippen LogP contribution is 2.37. The molecule has 1 N–H and O–H groups in total. The lowest BCUT2D eigenvalue weighted by atomic mass is 10.2. The van der Waals surface area contributed by atoms with Crippen molar-refractivity contribution in [2.45, 2.75) is 5.92 Å². The molecule has 1 aliphatic rings. The summed E-state index contributed by atoms with van der Waals surface area (Å²) in [5.74, 6) is -4.43. The van der Waals surface area contributed by atoms with Gasteiger partial charge in [-0.3, -0.25) is 0 Å². The highest BCUT2D eigenvalue weighted by molar-refractivity contribution is 14.1. The van der Waals surface area contributed by atoms with Gasteiger partial charge in [-0.15, -0.1) is 0 Å². The molecule has 8 heteroatoms. The number of hydrogen-bond acceptors (Lipinski definition) is 3. The molecule has 5 nitrogen and oxygen atoms in total. The maximum Gasteiger partial charge on any atom is 0.356 e. The van der Waals surface area contributed by atoms with Crippen molar-refractivity contribution in [1.29, 1.82) is 0 Å². The molecule has 0 spiro atoms. The topological polar surface area (TPSA) is 64.3 Å². The first-order valence-corrected chi connectivity index (χ1v) is 6.61. The van der Waals surface area contributed by atoms with Crippen LogP contribution in [0.15, 0.2) is 24.3 Å². The molecule has 0 saturated carbocycles. The van der Waals surface area contributed by atoms with Crippen molar-refractivity contribution in [2.75, 3.05) is 6.61 Å². The Bertz CT molecular complexity index is 715. The van der Waals surface area contributed by atoms with Gasteiger partial charge in [0.05, 0.1) is 0 Å². The molecular formula is C12H7F2IN2O3. The Hall–Kier alpha value is -1.71. The smallest absolute Gasteiger partial charge is 0.356 e. The largest absolute Gasteiger partial charge is 0.485 e. The quantitative estimate of drug-likeness (QED) is 0.759. The van der Waals surface area contributed by atoms with Gasteiger partial charge in [0, 0.05) is 9.64 Å². The second-order valence-electron chi connectivity index (χ2n) is 4.24. The zero-order chi connectivity index (χ0) is 14.5. The molecule has 0 unspecified atom stereocenters. The van der Waals surface area contributed by atoms with E-state index in [1.807, 2.05) is 22.6 Å². The first-order valence-electron chi connectivity index (χ1n) is 5.53. The number of nitrogens with zero attached hydrogens (tertiary/aromatic N) is 2. The highest BCUT2D eigenvalue weighted by atomic mass is 127. The molecule has 2 heterocycles. The number of rotatable bonds is 1. The van der Waals surface area contributed by atoms with Gasteiger partial charge in [-0.2, -0.15) is 13.9 Å². The van der Waals surface area contributed by atoms with Gasteiger partial charge >= 0.3 is 11.9 Å². The Kier molecular flexibility index (Phi) is 2.92. The minimum absolute atomic E-state index is 0.240. The summed E-state index contributed by atoms with van der Waals surface area (Å²) in [6.07, 6.45) is 0. The lowest BCUT2D eigenvalue weighted by molar-refractivity contribution is -0.0487. The maximum absolute atomic E-state index is 14.0. The van der Waals surface area contributed by atoms with Crippen LogP contribution in [0.2, 0.25) is 0 Å². The predicted molar refractivity (Wildman–Crippen MR) is 72.6 cm³/mol. The number of benzene rings is 1. The third-order valence-electron chi connectivity index (χ3n) is 2.86. The first kappa shape index (κ1) is 13.3. The fourth-order valence-corrected chi connectivity index (χ4v) is 2.42. The molecule has 0 saturated heterocycles. The molecule has 1 aromatic carbocycles. The van der Waals surface area contributed by atoms with Gasteiger partial charge in [-0.25, -0.2) is 9.48 Å². The molecule has 104 valence electrons. The number of alkyl halides is 2. The van der Waals surface area contributed by atoms with Crippen molar-refractivity contribution >= 4 is 28.6 Å². The monoisotopic (exact) mass is 392 g/mol. The number of aromatic carboxylic acids is 1. The van der Waals surface area contributed by atoms with Gasteiger partial charge in [-0.1, -0.05) is 0 Å². The fraction of sp³-hybridized carbons (Fsp3) is 0.167. The van der Waals surface area contributed by atoms with Gasteiger partial charge in [0.1, 0.15) is 17.1 Å². The highest BCUT2D eigenvalue weighted by Gasteiger charge is 2.41. The van der Waals surface area contributed by atoms with Gasteiger partial charge in [0.2, 0.25) is 0 Å². The number of halogens is 3. The Balaban J connectivity index is 2.30. The molecule has 3 rings (SSSR count). The lowest BCUT2D eigenvalue weighted by Crippen LogP contribution is -2.23. The fourth-order valence-electron chi connectivity index (χ4n) is 1.95. The summed E-state index contributed by atoms with van der Waals surface area (Å²) < 4.78 is 34.9. The van der Waals surface area contributed by atoms with Crippen molar-refractivity contribution in [1.82, 2.24) is 9.78 Å². The summed E-state index contributed by atoms with van der Waals surface area (Å²) in [6, 6.07) is 5.76. The van der Waals surface area contributed by atoms with Crippen LogP contribution in [0.3, 0.4) is 0 Å². The van der Waals surface area contributed by atoms with E-state index in [1.165, 1.54) is 0 Å². The number of ether oxygens (including phenoxy) is 1. The minimum atomic E-state index is -3.31. The van der Waals surface area contributed by atoms with Crippen LogP contribution in [0.5, 0.6) is 5.75 Å². The molecule has 1 aromatic heterocycles. The Morgan fingerprint density at radius 2 is 2.20 bits per heavy atom. The normalized spacial score (nSPS) is 15.8. The van der Waals surface area contributed by atoms with Crippen LogP contribution < -0.4 is 4.74 Å². The van der Waals surface area contributed by atoms with E-state index in [9.17, 15) is 13.6 Å². The van der Waals surface area contributed by atoms with Crippen molar-refractivity contribution in [3.05, 3.63) is 39.2 Å². The van der Waals surface area contributed by atoms with Crippen molar-refractivity contribution in [2.24, 2.45) is 0 Å². The van der Waals surface area contributed by atoms with Crippen LogP contribution >= 0.6 is 22.6 Å². The zero-order valence-corrected chi connectivity index (χ0v) is 12.0. The maximum atomic E-state index is 14.0. The van der Waals surface area contributed by atoms with Crippen molar-refractivity contribution < 1.29 is 23.4 Å². The number of carbonyl (C=O) groups is 1. The van der Waals surface area contributed by atoms with E-state index < -0.39 is 29.9 Å². The van der Waals surface area contributed by atoms with Crippen LogP contribution in [0.25, 0.3) is 5.69 Å². The second-order valence-corrected chi connectivity index (χ2v) is 5.48. The zero-order valence-electron chi connectivity index (χ0n) is 9.81. The summed E-state index contributed by atoms with van der Waals surface area (Å²) in [7, 11) is 0. The van der Waals surface area contributed by atoms with Crippen LogP contribution in [0.1, 0.15) is 16.2 Å². The van der Waals surface area contributed by atoms with E-state index in [0.717, 1.165) is 14.3 Å². The average molecular weight is 392 g/mol. The third kappa shape index (κ3) is 2.03. The first-order chi connectivity index (χ1) is 9.38. The number of hydrogen-bond donors (Lipinski definition) is 1. The van der Waals surface area contributed by atoms with Gasteiger partial charge in [-0.05, 0) is 40.8 Å². The van der Waals surface area contributed by atoms with Crippen LogP contribution in [-0.4, -0.2) is 27.5 Å². The summed E-state index contributed by atoms with van der Waals surface area (Å²) in [5.41, 5.74) is -0.612.